The van der Waals surface area contributed by atoms with E-state index in [1.54, 1.807) is 0 Å². The lowest BCUT2D eigenvalue weighted by atomic mass is 9.97. The van der Waals surface area contributed by atoms with Crippen molar-refractivity contribution in [1.82, 2.24) is 15.0 Å². The number of benzene rings is 8. The Balaban J connectivity index is 1.14. The maximum atomic E-state index is 5.15. The summed E-state index contributed by atoms with van der Waals surface area (Å²) in [5.41, 5.74) is 7.59. The third kappa shape index (κ3) is 5.34. The van der Waals surface area contributed by atoms with Crippen molar-refractivity contribution in [3.05, 3.63) is 176 Å². The summed E-state index contributed by atoms with van der Waals surface area (Å²) in [7, 11) is 0. The van der Waals surface area contributed by atoms with Crippen molar-refractivity contribution >= 4 is 53.1 Å². The van der Waals surface area contributed by atoms with Crippen LogP contribution in [0.25, 0.3) is 98.1 Å². The molecule has 2 heterocycles. The maximum absolute atomic E-state index is 5.15. The second-order valence-corrected chi connectivity index (χ2v) is 13.9. The van der Waals surface area contributed by atoms with Crippen LogP contribution in [-0.2, 0) is 0 Å². The van der Waals surface area contributed by atoms with Gasteiger partial charge in [-0.25, -0.2) is 15.0 Å². The molecule has 0 spiro atoms. The molecule has 0 atom stereocenters. The number of nitrogens with zero attached hydrogens (tertiary/aromatic N) is 3. The van der Waals surface area contributed by atoms with Crippen LogP contribution in [-0.4, -0.2) is 15.0 Å². The lowest BCUT2D eigenvalue weighted by Gasteiger charge is -2.10. The summed E-state index contributed by atoms with van der Waals surface area (Å²) in [6.45, 7) is 0. The van der Waals surface area contributed by atoms with Crippen molar-refractivity contribution in [1.29, 1.82) is 0 Å². The second kappa shape index (κ2) is 12.1. The predicted molar refractivity (Wildman–Crippen MR) is 215 cm³/mol. The van der Waals surface area contributed by atoms with Gasteiger partial charge in [-0.15, -0.1) is 11.3 Å². The quantitative estimate of drug-likeness (QED) is 0.183. The highest BCUT2D eigenvalue weighted by atomic mass is 32.1. The van der Waals surface area contributed by atoms with Gasteiger partial charge in [-0.1, -0.05) is 133 Å². The molecule has 0 aliphatic carbocycles. The molecular formula is C47H29N3S. The van der Waals surface area contributed by atoms with Crippen LogP contribution in [0.2, 0.25) is 0 Å². The van der Waals surface area contributed by atoms with E-state index in [1.807, 2.05) is 17.4 Å². The Bertz CT molecular complexity index is 2920. The van der Waals surface area contributed by atoms with Crippen LogP contribution in [0.5, 0.6) is 0 Å². The van der Waals surface area contributed by atoms with E-state index in [2.05, 4.69) is 170 Å². The molecule has 0 radical (unpaired) electrons. The summed E-state index contributed by atoms with van der Waals surface area (Å²) in [5.74, 6) is 1.95. The Hall–Kier alpha value is -6.49. The van der Waals surface area contributed by atoms with E-state index in [0.717, 1.165) is 33.2 Å². The van der Waals surface area contributed by atoms with Crippen molar-refractivity contribution in [3.8, 4) is 56.4 Å². The molecule has 0 fully saturated rings. The highest BCUT2D eigenvalue weighted by Crippen LogP contribution is 2.40. The molecule has 0 saturated heterocycles. The van der Waals surface area contributed by atoms with Gasteiger partial charge >= 0.3 is 0 Å². The van der Waals surface area contributed by atoms with Gasteiger partial charge in [-0.3, -0.25) is 0 Å². The van der Waals surface area contributed by atoms with Crippen LogP contribution in [0, 0.1) is 0 Å². The molecule has 0 bridgehead atoms. The Morgan fingerprint density at radius 3 is 1.61 bits per heavy atom. The summed E-state index contributed by atoms with van der Waals surface area (Å²) in [6.07, 6.45) is 0. The smallest absolute Gasteiger partial charge is 0.164 e. The molecule has 0 unspecified atom stereocenters. The zero-order valence-electron chi connectivity index (χ0n) is 27.5. The fourth-order valence-electron chi connectivity index (χ4n) is 7.12. The highest BCUT2D eigenvalue weighted by molar-refractivity contribution is 7.25. The Kier molecular flexibility index (Phi) is 7.00. The number of aromatic nitrogens is 3. The molecule has 3 nitrogen and oxygen atoms in total. The molecule has 238 valence electrons. The molecule has 10 rings (SSSR count). The maximum Gasteiger partial charge on any atom is 0.164 e. The molecule has 0 amide bonds. The number of fused-ring (bicyclic) bond motifs is 5. The summed E-state index contributed by atoms with van der Waals surface area (Å²) in [4.78, 5) is 15.4. The minimum atomic E-state index is 0.648. The Morgan fingerprint density at radius 1 is 0.294 bits per heavy atom. The van der Waals surface area contributed by atoms with Gasteiger partial charge < -0.3 is 0 Å². The monoisotopic (exact) mass is 667 g/mol. The van der Waals surface area contributed by atoms with Gasteiger partial charge in [0.25, 0.3) is 0 Å². The van der Waals surface area contributed by atoms with Crippen molar-refractivity contribution in [2.24, 2.45) is 0 Å². The number of hydrogen-bond donors (Lipinski definition) is 0. The zero-order valence-corrected chi connectivity index (χ0v) is 28.3. The molecule has 0 saturated carbocycles. The van der Waals surface area contributed by atoms with E-state index < -0.39 is 0 Å². The third-order valence-electron chi connectivity index (χ3n) is 9.70. The average Bonchev–Trinajstić information content (AvgIpc) is 3.58. The van der Waals surface area contributed by atoms with Crippen molar-refractivity contribution in [2.75, 3.05) is 0 Å². The van der Waals surface area contributed by atoms with Gasteiger partial charge in [-0.2, -0.15) is 0 Å². The molecule has 51 heavy (non-hydrogen) atoms. The van der Waals surface area contributed by atoms with Gasteiger partial charge in [0.2, 0.25) is 0 Å². The average molecular weight is 668 g/mol. The van der Waals surface area contributed by atoms with Gasteiger partial charge in [0, 0.05) is 36.9 Å². The van der Waals surface area contributed by atoms with Crippen molar-refractivity contribution in [3.63, 3.8) is 0 Å². The van der Waals surface area contributed by atoms with E-state index in [4.69, 9.17) is 15.0 Å². The van der Waals surface area contributed by atoms with Crippen molar-refractivity contribution in [2.45, 2.75) is 0 Å². The zero-order chi connectivity index (χ0) is 33.7. The van der Waals surface area contributed by atoms with Gasteiger partial charge in [0.15, 0.2) is 17.5 Å². The normalized spacial score (nSPS) is 11.5. The fraction of sp³-hybridized carbons (Fsp3) is 0. The van der Waals surface area contributed by atoms with Crippen LogP contribution in [0.1, 0.15) is 0 Å². The van der Waals surface area contributed by atoms with Crippen LogP contribution in [0.15, 0.2) is 176 Å². The van der Waals surface area contributed by atoms with Crippen LogP contribution in [0.3, 0.4) is 0 Å². The first-order valence-electron chi connectivity index (χ1n) is 17.1. The summed E-state index contributed by atoms with van der Waals surface area (Å²) in [6, 6.07) is 62.3. The Morgan fingerprint density at radius 2 is 0.824 bits per heavy atom. The predicted octanol–water partition coefficient (Wildman–Crippen LogP) is 12.9. The summed E-state index contributed by atoms with van der Waals surface area (Å²) in [5, 5.41) is 7.28. The van der Waals surface area contributed by atoms with E-state index in [9.17, 15) is 0 Å². The number of thiophene rings is 1. The van der Waals surface area contributed by atoms with E-state index in [0.29, 0.717) is 17.5 Å². The van der Waals surface area contributed by atoms with E-state index in [1.165, 1.54) is 47.5 Å². The lowest BCUT2D eigenvalue weighted by Crippen LogP contribution is -2.00. The molecule has 0 aliphatic heterocycles. The molecular weight excluding hydrogens is 639 g/mol. The lowest BCUT2D eigenvalue weighted by molar-refractivity contribution is 1.08. The number of rotatable bonds is 5. The first-order chi connectivity index (χ1) is 25.2. The minimum absolute atomic E-state index is 0.648. The molecule has 10 aromatic rings. The molecule has 4 heteroatoms. The molecule has 0 N–H and O–H groups in total. The van der Waals surface area contributed by atoms with Crippen LogP contribution in [0.4, 0.5) is 0 Å². The molecule has 2 aromatic heterocycles. The first kappa shape index (κ1) is 29.4. The van der Waals surface area contributed by atoms with Gasteiger partial charge in [0.1, 0.15) is 0 Å². The SMILES string of the molecule is c1ccc(-c2cccc(-c3nc(-c4ccc5ccccc5c4)nc(-c4ccc5sc6ccc(-c7cccc8ccccc78)cc6c5c4)n3)c2)cc1. The first-order valence-corrected chi connectivity index (χ1v) is 17.9. The fourth-order valence-corrected chi connectivity index (χ4v) is 8.19. The van der Waals surface area contributed by atoms with Crippen LogP contribution >= 0.6 is 11.3 Å². The van der Waals surface area contributed by atoms with Crippen molar-refractivity contribution < 1.29 is 0 Å². The third-order valence-corrected chi connectivity index (χ3v) is 10.9. The van der Waals surface area contributed by atoms with Gasteiger partial charge in [0.05, 0.1) is 0 Å². The van der Waals surface area contributed by atoms with E-state index in [-0.39, 0.29) is 0 Å². The van der Waals surface area contributed by atoms with Crippen LogP contribution < -0.4 is 0 Å². The second-order valence-electron chi connectivity index (χ2n) is 12.9. The molecule has 8 aromatic carbocycles. The van der Waals surface area contributed by atoms with Gasteiger partial charge in [-0.05, 0) is 86.3 Å². The topological polar surface area (TPSA) is 38.7 Å². The minimum Gasteiger partial charge on any atom is -0.208 e. The summed E-state index contributed by atoms with van der Waals surface area (Å²) < 4.78 is 2.50. The number of hydrogen-bond acceptors (Lipinski definition) is 4. The molecule has 0 aliphatic rings. The largest absolute Gasteiger partial charge is 0.208 e. The van der Waals surface area contributed by atoms with E-state index >= 15 is 0 Å². The Labute approximate surface area is 299 Å². The highest BCUT2D eigenvalue weighted by Gasteiger charge is 2.16. The summed E-state index contributed by atoms with van der Waals surface area (Å²) >= 11 is 1.82. The standard InChI is InChI=1S/C47H29N3S/c1-2-10-30(11-3-1)34-16-8-17-36(26-34)45-48-46(37-21-20-31-12-4-5-14-33(31)27-37)50-47(49-45)38-23-25-44-42(29-38)41-28-35(22-24-43(41)51-44)40-19-9-15-32-13-6-7-18-39(32)40/h1-29H.